The first-order valence-corrected chi connectivity index (χ1v) is 6.22. The van der Waals surface area contributed by atoms with E-state index in [-0.39, 0.29) is 12.3 Å². The number of nitrogens with one attached hydrogen (secondary N) is 2. The Morgan fingerprint density at radius 1 is 1.26 bits per heavy atom. The lowest BCUT2D eigenvalue weighted by atomic mass is 9.99. The number of para-hydroxylation sites is 1. The molecular weight excluding hydrogens is 242 g/mol. The highest BCUT2D eigenvalue weighted by atomic mass is 16.2. The average molecular weight is 263 g/mol. The van der Waals surface area contributed by atoms with E-state index in [0.29, 0.717) is 0 Å². The van der Waals surface area contributed by atoms with E-state index in [2.05, 4.69) is 10.6 Å². The third kappa shape index (κ3) is 5.52. The van der Waals surface area contributed by atoms with Gasteiger partial charge < -0.3 is 16.4 Å². The predicted molar refractivity (Wildman–Crippen MR) is 75.6 cm³/mol. The van der Waals surface area contributed by atoms with Crippen LogP contribution in [-0.4, -0.2) is 23.4 Å². The van der Waals surface area contributed by atoms with Crippen molar-refractivity contribution in [1.82, 2.24) is 5.32 Å². The number of carbonyl (C=O) groups excluding carboxylic acids is 2. The zero-order valence-corrected chi connectivity index (χ0v) is 11.6. The Hall–Kier alpha value is -1.88. The van der Waals surface area contributed by atoms with Crippen molar-refractivity contribution in [3.63, 3.8) is 0 Å². The molecule has 5 heteroatoms. The Morgan fingerprint density at radius 3 is 2.37 bits per heavy atom. The van der Waals surface area contributed by atoms with Crippen LogP contribution in [0.4, 0.5) is 5.69 Å². The summed E-state index contributed by atoms with van der Waals surface area (Å²) >= 11 is 0. The highest BCUT2D eigenvalue weighted by Gasteiger charge is 2.25. The molecule has 104 valence electrons. The minimum Gasteiger partial charge on any atom is -0.370 e. The summed E-state index contributed by atoms with van der Waals surface area (Å²) in [5.74, 6) is -0.545. The van der Waals surface area contributed by atoms with E-state index in [4.69, 9.17) is 5.73 Å². The number of amides is 2. The molecule has 1 atom stereocenters. The van der Waals surface area contributed by atoms with E-state index >= 15 is 0 Å². The lowest BCUT2D eigenvalue weighted by Gasteiger charge is -2.28. The second-order valence-corrected chi connectivity index (χ2v) is 5.25. The van der Waals surface area contributed by atoms with Crippen LogP contribution in [0.5, 0.6) is 0 Å². The second kappa shape index (κ2) is 6.33. The molecule has 1 aromatic rings. The summed E-state index contributed by atoms with van der Waals surface area (Å²) in [6, 6.07) is 8.80. The first kappa shape index (κ1) is 15.2. The quantitative estimate of drug-likeness (QED) is 0.722. The van der Waals surface area contributed by atoms with Crippen LogP contribution < -0.4 is 16.4 Å². The highest BCUT2D eigenvalue weighted by molar-refractivity contribution is 5.94. The van der Waals surface area contributed by atoms with Crippen molar-refractivity contribution in [3.8, 4) is 0 Å². The first-order valence-electron chi connectivity index (χ1n) is 6.22. The second-order valence-electron chi connectivity index (χ2n) is 5.25. The minimum atomic E-state index is -0.515. The standard InChI is InChI=1S/C14H21N3O2/c1-10(17-14(2,3)9-12(15)18)13(19)16-11-7-5-4-6-8-11/h4-8,10,17H,9H2,1-3H3,(H2,15,18)(H,16,19). The molecule has 19 heavy (non-hydrogen) atoms. The fourth-order valence-electron chi connectivity index (χ4n) is 1.91. The molecular formula is C14H21N3O2. The average Bonchev–Trinajstić information content (AvgIpc) is 2.27. The number of hydrogen-bond donors (Lipinski definition) is 3. The predicted octanol–water partition coefficient (Wildman–Crippen LogP) is 1.26. The van der Waals surface area contributed by atoms with Gasteiger partial charge >= 0.3 is 0 Å². The smallest absolute Gasteiger partial charge is 0.241 e. The topological polar surface area (TPSA) is 84.2 Å². The number of rotatable bonds is 6. The van der Waals surface area contributed by atoms with Gasteiger partial charge in [-0.15, -0.1) is 0 Å². The molecule has 0 bridgehead atoms. The molecule has 1 rings (SSSR count). The molecule has 0 fully saturated rings. The maximum Gasteiger partial charge on any atom is 0.241 e. The maximum absolute atomic E-state index is 12.0. The van der Waals surface area contributed by atoms with Crippen LogP contribution in [-0.2, 0) is 9.59 Å². The Balaban J connectivity index is 2.56. The summed E-state index contributed by atoms with van der Waals surface area (Å²) < 4.78 is 0. The van der Waals surface area contributed by atoms with Crippen LogP contribution in [0.25, 0.3) is 0 Å². The molecule has 1 aromatic carbocycles. The number of hydrogen-bond acceptors (Lipinski definition) is 3. The molecule has 0 spiro atoms. The van der Waals surface area contributed by atoms with Crippen LogP contribution in [0.3, 0.4) is 0 Å². The van der Waals surface area contributed by atoms with E-state index in [0.717, 1.165) is 5.69 Å². The highest BCUT2D eigenvalue weighted by Crippen LogP contribution is 2.10. The van der Waals surface area contributed by atoms with Crippen LogP contribution in [0, 0.1) is 0 Å². The van der Waals surface area contributed by atoms with Crippen molar-refractivity contribution in [1.29, 1.82) is 0 Å². The number of carbonyl (C=O) groups is 2. The zero-order valence-electron chi connectivity index (χ0n) is 11.6. The molecule has 0 aliphatic rings. The van der Waals surface area contributed by atoms with Gasteiger partial charge in [-0.25, -0.2) is 0 Å². The van der Waals surface area contributed by atoms with Gasteiger partial charge in [-0.05, 0) is 32.9 Å². The van der Waals surface area contributed by atoms with Gasteiger partial charge in [0.1, 0.15) is 0 Å². The lowest BCUT2D eigenvalue weighted by Crippen LogP contribution is -2.51. The molecule has 0 heterocycles. The molecule has 5 nitrogen and oxygen atoms in total. The normalized spacial score (nSPS) is 12.8. The van der Waals surface area contributed by atoms with E-state index in [9.17, 15) is 9.59 Å². The minimum absolute atomic E-state index is 0.149. The first-order chi connectivity index (χ1) is 8.80. The Kier molecular flexibility index (Phi) is 5.06. The fourth-order valence-corrected chi connectivity index (χ4v) is 1.91. The van der Waals surface area contributed by atoms with Gasteiger partial charge in [-0.1, -0.05) is 18.2 Å². The summed E-state index contributed by atoms with van der Waals surface area (Å²) in [6.45, 7) is 5.43. The number of nitrogens with two attached hydrogens (primary N) is 1. The number of anilines is 1. The van der Waals surface area contributed by atoms with E-state index in [1.54, 1.807) is 6.92 Å². The van der Waals surface area contributed by atoms with E-state index in [1.165, 1.54) is 0 Å². The molecule has 1 unspecified atom stereocenters. The Labute approximate surface area is 113 Å². The van der Waals surface area contributed by atoms with Crippen molar-refractivity contribution in [2.45, 2.75) is 38.8 Å². The van der Waals surface area contributed by atoms with Gasteiger partial charge in [0.2, 0.25) is 11.8 Å². The fraction of sp³-hybridized carbons (Fsp3) is 0.429. The molecule has 0 aliphatic carbocycles. The van der Waals surface area contributed by atoms with Crippen molar-refractivity contribution >= 4 is 17.5 Å². The third-order valence-corrected chi connectivity index (χ3v) is 2.66. The summed E-state index contributed by atoms with van der Waals surface area (Å²) in [5.41, 5.74) is 5.40. The summed E-state index contributed by atoms with van der Waals surface area (Å²) in [4.78, 5) is 22.9. The van der Waals surface area contributed by atoms with Crippen LogP contribution in [0.1, 0.15) is 27.2 Å². The Bertz CT molecular complexity index is 443. The summed E-state index contributed by atoms with van der Waals surface area (Å²) in [6.07, 6.45) is 0.177. The largest absolute Gasteiger partial charge is 0.370 e. The van der Waals surface area contributed by atoms with Crippen molar-refractivity contribution in [2.24, 2.45) is 5.73 Å². The van der Waals surface area contributed by atoms with Gasteiger partial charge in [-0.2, -0.15) is 0 Å². The Morgan fingerprint density at radius 2 is 1.84 bits per heavy atom. The van der Waals surface area contributed by atoms with E-state index in [1.807, 2.05) is 44.2 Å². The molecule has 4 N–H and O–H groups in total. The van der Waals surface area contributed by atoms with Crippen LogP contribution >= 0.6 is 0 Å². The molecule has 0 saturated carbocycles. The summed E-state index contributed by atoms with van der Waals surface area (Å²) in [5, 5.41) is 5.89. The van der Waals surface area contributed by atoms with Crippen LogP contribution in [0.2, 0.25) is 0 Å². The van der Waals surface area contributed by atoms with Crippen molar-refractivity contribution in [2.75, 3.05) is 5.32 Å². The van der Waals surface area contributed by atoms with Gasteiger partial charge in [0.05, 0.1) is 6.04 Å². The van der Waals surface area contributed by atoms with Gasteiger partial charge in [0.15, 0.2) is 0 Å². The van der Waals surface area contributed by atoms with Gasteiger partial charge in [-0.3, -0.25) is 9.59 Å². The third-order valence-electron chi connectivity index (χ3n) is 2.66. The molecule has 0 aliphatic heterocycles. The van der Waals surface area contributed by atoms with Crippen LogP contribution in [0.15, 0.2) is 30.3 Å². The molecule has 0 saturated heterocycles. The molecule has 0 radical (unpaired) electrons. The molecule has 2 amide bonds. The van der Waals surface area contributed by atoms with Crippen molar-refractivity contribution < 1.29 is 9.59 Å². The van der Waals surface area contributed by atoms with Crippen molar-refractivity contribution in [3.05, 3.63) is 30.3 Å². The number of primary amides is 1. The van der Waals surface area contributed by atoms with E-state index < -0.39 is 17.5 Å². The SMILES string of the molecule is CC(NC(C)(C)CC(N)=O)C(=O)Nc1ccccc1. The zero-order chi connectivity index (χ0) is 14.5. The maximum atomic E-state index is 12.0. The monoisotopic (exact) mass is 263 g/mol. The lowest BCUT2D eigenvalue weighted by molar-refractivity contribution is -0.121. The van der Waals surface area contributed by atoms with Gasteiger partial charge in [0, 0.05) is 17.6 Å². The molecule has 0 aromatic heterocycles. The number of benzene rings is 1. The van der Waals surface area contributed by atoms with Gasteiger partial charge in [0.25, 0.3) is 0 Å². The summed E-state index contributed by atoms with van der Waals surface area (Å²) in [7, 11) is 0.